The molecule has 1 aromatic heterocycles. The van der Waals surface area contributed by atoms with Gasteiger partial charge >= 0.3 is 11.9 Å². The zero-order valence-electron chi connectivity index (χ0n) is 11.8. The zero-order valence-corrected chi connectivity index (χ0v) is 12.5. The monoisotopic (exact) mass is 344 g/mol. The van der Waals surface area contributed by atoms with E-state index in [9.17, 15) is 19.1 Å². The van der Waals surface area contributed by atoms with E-state index < -0.39 is 41.1 Å². The molecule has 1 heterocycles. The third kappa shape index (κ3) is 2.20. The first-order chi connectivity index (χ1) is 10.7. The molecule has 0 radical (unpaired) electrons. The Balaban J connectivity index is 1.75. The molecule has 7 nitrogen and oxygen atoms in total. The Kier molecular flexibility index (Phi) is 3.58. The van der Waals surface area contributed by atoms with Crippen LogP contribution in [0.1, 0.15) is 12.1 Å². The van der Waals surface area contributed by atoms with E-state index >= 15 is 0 Å². The molecule has 0 aromatic carbocycles. The normalized spacial score (nSPS) is 38.1. The van der Waals surface area contributed by atoms with Crippen LogP contribution in [0.3, 0.4) is 0 Å². The molecule has 0 unspecified atom stereocenters. The lowest BCUT2D eigenvalue weighted by Crippen LogP contribution is -2.60. The molecule has 0 aliphatic heterocycles. The van der Waals surface area contributed by atoms with Gasteiger partial charge in [-0.25, -0.2) is 9.18 Å². The molecular formula is C14H14ClFN2O5. The van der Waals surface area contributed by atoms with Crippen molar-refractivity contribution in [1.29, 1.82) is 0 Å². The molecular weight excluding hydrogens is 331 g/mol. The maximum Gasteiger partial charge on any atom is 0.342 e. The standard InChI is InChI=1S/C14H14ClFN2O5/c15-6-1-2-7(18-4-6)5-23-9-3-8-10(13(8,16)11(19)20)14(9,17)12(21)22/h1-2,4,8-10H,3,5,17H2,(H,19,20)(H,21,22)/t8-,9-,10+,13-,14+/m1/s1. The quantitative estimate of drug-likeness (QED) is 0.723. The Labute approximate surface area is 135 Å². The van der Waals surface area contributed by atoms with E-state index in [0.29, 0.717) is 10.7 Å². The predicted molar refractivity (Wildman–Crippen MR) is 75.5 cm³/mol. The zero-order chi connectivity index (χ0) is 17.0. The van der Waals surface area contributed by atoms with Crippen LogP contribution < -0.4 is 5.73 Å². The molecule has 124 valence electrons. The molecule has 3 rings (SSSR count). The van der Waals surface area contributed by atoms with Crippen molar-refractivity contribution < 1.29 is 28.9 Å². The summed E-state index contributed by atoms with van der Waals surface area (Å²) in [4.78, 5) is 26.6. The second kappa shape index (κ2) is 5.12. The fourth-order valence-electron chi connectivity index (χ4n) is 3.48. The van der Waals surface area contributed by atoms with Crippen molar-refractivity contribution in [2.75, 3.05) is 0 Å². The number of rotatable bonds is 5. The van der Waals surface area contributed by atoms with Gasteiger partial charge in [0.25, 0.3) is 0 Å². The van der Waals surface area contributed by atoms with E-state index in [-0.39, 0.29) is 13.0 Å². The summed E-state index contributed by atoms with van der Waals surface area (Å²) in [7, 11) is 0. The van der Waals surface area contributed by atoms with Crippen LogP contribution in [0.15, 0.2) is 18.3 Å². The fourth-order valence-corrected chi connectivity index (χ4v) is 3.60. The first-order valence-electron chi connectivity index (χ1n) is 6.89. The molecule has 5 atom stereocenters. The lowest BCUT2D eigenvalue weighted by molar-refractivity contribution is -0.156. The lowest BCUT2D eigenvalue weighted by Gasteiger charge is -2.31. The number of halogens is 2. The topological polar surface area (TPSA) is 123 Å². The van der Waals surface area contributed by atoms with Crippen LogP contribution in [0.25, 0.3) is 0 Å². The van der Waals surface area contributed by atoms with Gasteiger partial charge in [-0.1, -0.05) is 11.6 Å². The van der Waals surface area contributed by atoms with Gasteiger partial charge in [0.1, 0.15) is 5.54 Å². The molecule has 4 N–H and O–H groups in total. The van der Waals surface area contributed by atoms with Gasteiger partial charge in [0, 0.05) is 18.0 Å². The smallest absolute Gasteiger partial charge is 0.342 e. The van der Waals surface area contributed by atoms with Gasteiger partial charge in [-0.3, -0.25) is 9.78 Å². The van der Waals surface area contributed by atoms with Crippen molar-refractivity contribution >= 4 is 23.5 Å². The summed E-state index contributed by atoms with van der Waals surface area (Å²) in [5, 5.41) is 18.8. The third-order valence-corrected chi connectivity index (χ3v) is 4.94. The van der Waals surface area contributed by atoms with Crippen molar-refractivity contribution in [2.24, 2.45) is 17.6 Å². The van der Waals surface area contributed by atoms with Gasteiger partial charge in [0.05, 0.1) is 23.4 Å². The highest BCUT2D eigenvalue weighted by molar-refractivity contribution is 6.30. The summed E-state index contributed by atoms with van der Waals surface area (Å²) in [5.74, 6) is -5.40. The van der Waals surface area contributed by atoms with Gasteiger partial charge in [-0.05, 0) is 18.6 Å². The van der Waals surface area contributed by atoms with Crippen LogP contribution >= 0.6 is 11.6 Å². The Morgan fingerprint density at radius 2 is 2.13 bits per heavy atom. The average molecular weight is 345 g/mol. The van der Waals surface area contributed by atoms with E-state index in [1.165, 1.54) is 6.20 Å². The number of hydrogen-bond acceptors (Lipinski definition) is 5. The molecule has 0 spiro atoms. The number of aliphatic carboxylic acids is 2. The van der Waals surface area contributed by atoms with Crippen molar-refractivity contribution in [3.05, 3.63) is 29.0 Å². The summed E-state index contributed by atoms with van der Waals surface area (Å²) in [6, 6.07) is 3.21. The fraction of sp³-hybridized carbons (Fsp3) is 0.500. The maximum atomic E-state index is 14.3. The van der Waals surface area contributed by atoms with Gasteiger partial charge in [0.2, 0.25) is 5.67 Å². The Morgan fingerprint density at radius 1 is 1.43 bits per heavy atom. The summed E-state index contributed by atoms with van der Waals surface area (Å²) < 4.78 is 19.9. The number of ether oxygens (including phenoxy) is 1. The highest BCUT2D eigenvalue weighted by Gasteiger charge is 2.85. The van der Waals surface area contributed by atoms with E-state index in [4.69, 9.17) is 27.2 Å². The van der Waals surface area contributed by atoms with Crippen molar-refractivity contribution in [3.8, 4) is 0 Å². The predicted octanol–water partition coefficient (Wildman–Crippen LogP) is 0.845. The van der Waals surface area contributed by atoms with E-state index in [0.717, 1.165) is 0 Å². The number of carboxylic acid groups (broad SMARTS) is 2. The van der Waals surface area contributed by atoms with E-state index in [1.54, 1.807) is 12.1 Å². The third-order valence-electron chi connectivity index (χ3n) is 4.72. The van der Waals surface area contributed by atoms with Crippen molar-refractivity contribution in [2.45, 2.75) is 30.3 Å². The number of fused-ring (bicyclic) bond motifs is 1. The molecule has 2 fully saturated rings. The largest absolute Gasteiger partial charge is 0.480 e. The number of nitrogens with two attached hydrogens (primary N) is 1. The van der Waals surface area contributed by atoms with Crippen LogP contribution in [0.5, 0.6) is 0 Å². The Bertz CT molecular complexity index is 672. The highest BCUT2D eigenvalue weighted by Crippen LogP contribution is 2.67. The van der Waals surface area contributed by atoms with Gasteiger partial charge in [-0.15, -0.1) is 0 Å². The number of carbonyl (C=O) groups is 2. The second-order valence-electron chi connectivity index (χ2n) is 5.90. The molecule has 2 aliphatic carbocycles. The van der Waals surface area contributed by atoms with E-state index in [2.05, 4.69) is 4.98 Å². The molecule has 1 aromatic rings. The molecule has 0 saturated heterocycles. The Hall–Kier alpha value is -1.77. The van der Waals surface area contributed by atoms with Crippen LogP contribution in [0.2, 0.25) is 5.02 Å². The van der Waals surface area contributed by atoms with Crippen LogP contribution in [0, 0.1) is 11.8 Å². The minimum atomic E-state index is -2.59. The van der Waals surface area contributed by atoms with Gasteiger partial charge < -0.3 is 20.7 Å². The number of aromatic nitrogens is 1. The van der Waals surface area contributed by atoms with Crippen molar-refractivity contribution in [1.82, 2.24) is 4.98 Å². The number of nitrogens with zero attached hydrogens (tertiary/aromatic N) is 1. The minimum absolute atomic E-state index is 0.0279. The first-order valence-corrected chi connectivity index (χ1v) is 7.26. The highest BCUT2D eigenvalue weighted by atomic mass is 35.5. The molecule has 2 saturated carbocycles. The number of hydrogen-bond donors (Lipinski definition) is 3. The number of pyridine rings is 1. The van der Waals surface area contributed by atoms with Gasteiger partial charge in [-0.2, -0.15) is 0 Å². The van der Waals surface area contributed by atoms with E-state index in [1.807, 2.05) is 0 Å². The summed E-state index contributed by atoms with van der Waals surface area (Å²) in [5.41, 5.74) is 1.70. The van der Waals surface area contributed by atoms with Crippen LogP contribution in [-0.4, -0.2) is 44.4 Å². The first kappa shape index (κ1) is 16.1. The Morgan fingerprint density at radius 3 is 2.65 bits per heavy atom. The number of alkyl halides is 1. The molecule has 9 heteroatoms. The van der Waals surface area contributed by atoms with Gasteiger partial charge in [0.15, 0.2) is 0 Å². The van der Waals surface area contributed by atoms with Crippen molar-refractivity contribution in [3.63, 3.8) is 0 Å². The average Bonchev–Trinajstić information content (AvgIpc) is 2.96. The second-order valence-corrected chi connectivity index (χ2v) is 6.34. The maximum absolute atomic E-state index is 14.3. The lowest BCUT2D eigenvalue weighted by atomic mass is 9.88. The molecule has 23 heavy (non-hydrogen) atoms. The van der Waals surface area contributed by atoms with Crippen LogP contribution in [0.4, 0.5) is 4.39 Å². The summed E-state index contributed by atoms with van der Waals surface area (Å²) in [6.45, 7) is -0.0279. The summed E-state index contributed by atoms with van der Waals surface area (Å²) in [6.07, 6.45) is 0.357. The summed E-state index contributed by atoms with van der Waals surface area (Å²) >= 11 is 5.71. The molecule has 2 aliphatic rings. The SMILES string of the molecule is N[C@]1(C(=O)O)[C@H]2[C@@H](C[C@H]1OCc1ccc(Cl)cn1)[C@]2(F)C(=O)O. The minimum Gasteiger partial charge on any atom is -0.480 e. The number of carboxylic acids is 2. The van der Waals surface area contributed by atoms with Crippen LogP contribution in [-0.2, 0) is 20.9 Å². The molecule has 0 bridgehead atoms. The molecule has 0 amide bonds.